The second-order valence-electron chi connectivity index (χ2n) is 4.53. The molecule has 0 amide bonds. The number of benzene rings is 2. The monoisotopic (exact) mass is 285 g/mol. The van der Waals surface area contributed by atoms with E-state index in [-0.39, 0.29) is 11.3 Å². The van der Waals surface area contributed by atoms with Crippen LogP contribution in [0.4, 0.5) is 8.78 Å². The van der Waals surface area contributed by atoms with Gasteiger partial charge in [-0.3, -0.25) is 4.98 Å². The highest BCUT2D eigenvalue weighted by Crippen LogP contribution is 2.30. The van der Waals surface area contributed by atoms with E-state index in [9.17, 15) is 13.6 Å². The van der Waals surface area contributed by atoms with Crippen LogP contribution < -0.4 is 0 Å². The number of carboxylic acid groups (broad SMARTS) is 1. The first-order chi connectivity index (χ1) is 10.1. The molecule has 5 heteroatoms. The summed E-state index contributed by atoms with van der Waals surface area (Å²) in [4.78, 5) is 14.8. The zero-order valence-corrected chi connectivity index (χ0v) is 10.7. The molecular formula is C16H9F2NO2. The van der Waals surface area contributed by atoms with E-state index in [4.69, 9.17) is 5.11 Å². The number of pyridine rings is 1. The Kier molecular flexibility index (Phi) is 3.10. The minimum Gasteiger partial charge on any atom is -0.478 e. The lowest BCUT2D eigenvalue weighted by molar-refractivity contribution is 0.0697. The predicted octanol–water partition coefficient (Wildman–Crippen LogP) is 3.88. The molecule has 0 aliphatic carbocycles. The maximum absolute atomic E-state index is 13.9. The third-order valence-electron chi connectivity index (χ3n) is 3.19. The van der Waals surface area contributed by atoms with E-state index in [1.807, 2.05) is 0 Å². The van der Waals surface area contributed by atoms with Gasteiger partial charge in [-0.25, -0.2) is 13.6 Å². The van der Waals surface area contributed by atoms with E-state index >= 15 is 0 Å². The van der Waals surface area contributed by atoms with Crippen LogP contribution in [-0.2, 0) is 0 Å². The topological polar surface area (TPSA) is 50.2 Å². The van der Waals surface area contributed by atoms with Gasteiger partial charge < -0.3 is 5.11 Å². The number of halogens is 2. The molecule has 1 aromatic heterocycles. The zero-order chi connectivity index (χ0) is 15.0. The van der Waals surface area contributed by atoms with Gasteiger partial charge in [0.15, 0.2) is 5.82 Å². The fourth-order valence-corrected chi connectivity index (χ4v) is 2.22. The highest BCUT2D eigenvalue weighted by atomic mass is 19.1. The summed E-state index contributed by atoms with van der Waals surface area (Å²) in [7, 11) is 0. The molecule has 104 valence electrons. The van der Waals surface area contributed by atoms with Crippen LogP contribution in [0.5, 0.6) is 0 Å². The van der Waals surface area contributed by atoms with Gasteiger partial charge in [-0.15, -0.1) is 0 Å². The highest BCUT2D eigenvalue weighted by molar-refractivity contribution is 6.00. The molecule has 0 aliphatic heterocycles. The average molecular weight is 285 g/mol. The summed E-state index contributed by atoms with van der Waals surface area (Å²) in [6, 6.07) is 10.4. The first-order valence-electron chi connectivity index (χ1n) is 6.14. The smallest absolute Gasteiger partial charge is 0.335 e. The summed E-state index contributed by atoms with van der Waals surface area (Å²) in [5.41, 5.74) is 0.509. The maximum Gasteiger partial charge on any atom is 0.335 e. The van der Waals surface area contributed by atoms with Gasteiger partial charge in [-0.05, 0) is 22.9 Å². The van der Waals surface area contributed by atoms with Crippen LogP contribution in [0.25, 0.3) is 22.0 Å². The quantitative estimate of drug-likeness (QED) is 0.777. The normalized spacial score (nSPS) is 10.8. The van der Waals surface area contributed by atoms with Crippen LogP contribution in [0.15, 0.2) is 48.7 Å². The molecule has 0 aliphatic rings. The molecule has 0 bridgehead atoms. The minimum absolute atomic E-state index is 0.00969. The molecular weight excluding hydrogens is 276 g/mol. The van der Waals surface area contributed by atoms with Gasteiger partial charge >= 0.3 is 5.97 Å². The molecule has 3 nitrogen and oxygen atoms in total. The van der Waals surface area contributed by atoms with E-state index in [0.717, 1.165) is 17.6 Å². The number of fused-ring (bicyclic) bond motifs is 1. The van der Waals surface area contributed by atoms with Gasteiger partial charge in [0.05, 0.1) is 11.8 Å². The third kappa shape index (κ3) is 2.33. The molecule has 21 heavy (non-hydrogen) atoms. The first-order valence-corrected chi connectivity index (χ1v) is 6.14. The van der Waals surface area contributed by atoms with Crippen molar-refractivity contribution < 1.29 is 18.7 Å². The number of carbonyl (C=O) groups is 1. The molecule has 3 aromatic rings. The van der Waals surface area contributed by atoms with E-state index < -0.39 is 17.6 Å². The largest absolute Gasteiger partial charge is 0.478 e. The van der Waals surface area contributed by atoms with Crippen molar-refractivity contribution >= 4 is 16.7 Å². The second-order valence-corrected chi connectivity index (χ2v) is 4.53. The van der Waals surface area contributed by atoms with Crippen molar-refractivity contribution in [2.45, 2.75) is 0 Å². The highest BCUT2D eigenvalue weighted by Gasteiger charge is 2.13. The molecule has 1 heterocycles. The van der Waals surface area contributed by atoms with Gasteiger partial charge in [-0.1, -0.05) is 24.3 Å². The second kappa shape index (κ2) is 4.94. The summed E-state index contributed by atoms with van der Waals surface area (Å²) < 4.78 is 26.9. The third-order valence-corrected chi connectivity index (χ3v) is 3.19. The number of carboxylic acids is 1. The molecule has 0 saturated carbocycles. The van der Waals surface area contributed by atoms with Crippen molar-refractivity contribution in [1.82, 2.24) is 4.98 Å². The summed E-state index contributed by atoms with van der Waals surface area (Å²) in [6.07, 6.45) is 0.929. The lowest BCUT2D eigenvalue weighted by atomic mass is 9.99. The molecule has 0 spiro atoms. The van der Waals surface area contributed by atoms with E-state index in [2.05, 4.69) is 4.98 Å². The van der Waals surface area contributed by atoms with Crippen LogP contribution >= 0.6 is 0 Å². The number of aromatic nitrogens is 1. The Bertz CT molecular complexity index is 862. The number of nitrogens with zero attached hydrogens (tertiary/aromatic N) is 1. The summed E-state index contributed by atoms with van der Waals surface area (Å²) in [5.74, 6) is -2.62. The Morgan fingerprint density at radius 2 is 1.90 bits per heavy atom. The Labute approximate surface area is 118 Å². The van der Waals surface area contributed by atoms with Crippen molar-refractivity contribution in [3.8, 4) is 11.3 Å². The van der Waals surface area contributed by atoms with Gasteiger partial charge in [0.1, 0.15) is 11.5 Å². The average Bonchev–Trinajstić information content (AvgIpc) is 2.46. The minimum atomic E-state index is -1.07. The number of hydrogen-bond acceptors (Lipinski definition) is 2. The fourth-order valence-electron chi connectivity index (χ4n) is 2.22. The van der Waals surface area contributed by atoms with Gasteiger partial charge in [0.25, 0.3) is 0 Å². The van der Waals surface area contributed by atoms with Crippen LogP contribution in [0, 0.1) is 11.6 Å². The Morgan fingerprint density at radius 3 is 2.62 bits per heavy atom. The first kappa shape index (κ1) is 13.2. The molecule has 0 atom stereocenters. The lowest BCUT2D eigenvalue weighted by Crippen LogP contribution is -1.97. The lowest BCUT2D eigenvalue weighted by Gasteiger charge is -2.08. The molecule has 3 rings (SSSR count). The van der Waals surface area contributed by atoms with Crippen LogP contribution in [0.1, 0.15) is 10.4 Å². The van der Waals surface area contributed by atoms with E-state index in [1.54, 1.807) is 24.3 Å². The van der Waals surface area contributed by atoms with Gasteiger partial charge in [-0.2, -0.15) is 0 Å². The van der Waals surface area contributed by atoms with Gasteiger partial charge in [0, 0.05) is 11.6 Å². The maximum atomic E-state index is 13.9. The number of rotatable bonds is 2. The van der Waals surface area contributed by atoms with E-state index in [1.165, 1.54) is 12.1 Å². The standard InChI is InChI=1S/C16H9F2NO2/c17-11-7-14(18)15(19-8-11)12-3-1-2-9-4-5-10(16(20)21)6-13(9)12/h1-8H,(H,20,21). The molecule has 0 radical (unpaired) electrons. The number of hydrogen-bond donors (Lipinski definition) is 1. The Hall–Kier alpha value is -2.82. The van der Waals surface area contributed by atoms with Crippen molar-refractivity contribution in [3.63, 3.8) is 0 Å². The molecule has 1 N–H and O–H groups in total. The number of aromatic carboxylic acids is 1. The van der Waals surface area contributed by atoms with Crippen LogP contribution in [-0.4, -0.2) is 16.1 Å². The van der Waals surface area contributed by atoms with Gasteiger partial charge in [0.2, 0.25) is 0 Å². The zero-order valence-electron chi connectivity index (χ0n) is 10.7. The summed E-state index contributed by atoms with van der Waals surface area (Å²) in [5, 5.41) is 10.4. The van der Waals surface area contributed by atoms with Crippen molar-refractivity contribution in [3.05, 3.63) is 65.9 Å². The molecule has 2 aromatic carbocycles. The fraction of sp³-hybridized carbons (Fsp3) is 0. The molecule has 0 fully saturated rings. The Morgan fingerprint density at radius 1 is 1.10 bits per heavy atom. The van der Waals surface area contributed by atoms with E-state index in [0.29, 0.717) is 10.9 Å². The molecule has 0 unspecified atom stereocenters. The molecule has 0 saturated heterocycles. The van der Waals surface area contributed by atoms with Crippen molar-refractivity contribution in [1.29, 1.82) is 0 Å². The Balaban J connectivity index is 2.31. The summed E-state index contributed by atoms with van der Waals surface area (Å²) in [6.45, 7) is 0. The van der Waals surface area contributed by atoms with Crippen molar-refractivity contribution in [2.24, 2.45) is 0 Å². The van der Waals surface area contributed by atoms with Crippen molar-refractivity contribution in [2.75, 3.05) is 0 Å². The summed E-state index contributed by atoms with van der Waals surface area (Å²) >= 11 is 0. The SMILES string of the molecule is O=C(O)c1ccc2cccc(-c3ncc(F)cc3F)c2c1. The van der Waals surface area contributed by atoms with Crippen LogP contribution in [0.3, 0.4) is 0 Å². The predicted molar refractivity (Wildman–Crippen MR) is 74.1 cm³/mol. The van der Waals surface area contributed by atoms with Crippen LogP contribution in [0.2, 0.25) is 0 Å².